The first-order chi connectivity index (χ1) is 15.5. The van der Waals surface area contributed by atoms with Crippen molar-refractivity contribution < 1.29 is 106 Å². The van der Waals surface area contributed by atoms with Crippen LogP contribution >= 0.6 is 12.0 Å². The molecule has 0 aliphatic heterocycles. The normalized spacial score (nSPS) is 13.2. The van der Waals surface area contributed by atoms with E-state index >= 15 is 0 Å². The first kappa shape index (κ1) is 32.6. The van der Waals surface area contributed by atoms with Crippen molar-refractivity contribution in [2.24, 2.45) is 10.2 Å². The molecule has 13 nitrogen and oxygen atoms in total. The quantitative estimate of drug-likeness (QED) is 0.0444. The average Bonchev–Trinajstić information content (AvgIpc) is 2.76. The molecule has 0 bridgehead atoms. The third-order valence-electron chi connectivity index (χ3n) is 4.08. The predicted octanol–water partition coefficient (Wildman–Crippen LogP) is -3.80. The van der Waals surface area contributed by atoms with E-state index in [-0.39, 0.29) is 96.7 Å². The second kappa shape index (κ2) is 13.4. The number of nitrogens with zero attached hydrogens (tertiary/aromatic N) is 2. The number of rotatable bonds is 8. The van der Waals surface area contributed by atoms with Crippen LogP contribution in [0.1, 0.15) is 0 Å². The number of benzene rings is 3. The Morgan fingerprint density at radius 1 is 1.03 bits per heavy atom. The van der Waals surface area contributed by atoms with Crippen LogP contribution < -0.4 is 70.1 Å². The molecule has 0 aliphatic carbocycles. The Bertz CT molecular complexity index is 1450. The molecule has 0 heterocycles. The molecule has 0 aromatic heterocycles. The summed E-state index contributed by atoms with van der Waals surface area (Å²) in [5.74, 6) is -0.556. The third kappa shape index (κ3) is 7.77. The molecule has 3 aromatic carbocycles. The van der Waals surface area contributed by atoms with E-state index in [1.807, 2.05) is 0 Å². The minimum absolute atomic E-state index is 0. The maximum absolute atomic E-state index is 11.8. The molecule has 1 unspecified atom stereocenters. The zero-order valence-electron chi connectivity index (χ0n) is 17.8. The number of aromatic hydroxyl groups is 1. The van der Waals surface area contributed by atoms with Gasteiger partial charge in [0.2, 0.25) is 8.77 Å². The molecule has 3 rings (SSSR count). The van der Waals surface area contributed by atoms with Crippen molar-refractivity contribution in [1.82, 2.24) is 0 Å². The summed E-state index contributed by atoms with van der Waals surface area (Å²) >= 11 is 4.93. The fourth-order valence-corrected chi connectivity index (χ4v) is 4.60. The van der Waals surface area contributed by atoms with Crippen LogP contribution in [0.25, 0.3) is 10.8 Å². The topological polar surface area (TPSA) is 216 Å². The van der Waals surface area contributed by atoms with Crippen molar-refractivity contribution in [2.45, 2.75) is 14.7 Å². The second-order valence-electron chi connectivity index (χ2n) is 6.08. The number of phenolic OH excluding ortho intramolecular Hbond substituents is 1. The minimum Gasteiger partial charge on any atom is -0.744 e. The molecule has 4 N–H and O–H groups in total. The van der Waals surface area contributed by atoms with Crippen molar-refractivity contribution in [3.63, 3.8) is 0 Å². The van der Waals surface area contributed by atoms with Crippen LogP contribution in [0.2, 0.25) is 0 Å². The van der Waals surface area contributed by atoms with Gasteiger partial charge in [-0.25, -0.2) is 17.9 Å². The van der Waals surface area contributed by atoms with Crippen molar-refractivity contribution in [2.75, 3.05) is 5.73 Å². The fourth-order valence-electron chi connectivity index (χ4n) is 2.68. The van der Waals surface area contributed by atoms with E-state index in [1.165, 1.54) is 30.3 Å². The standard InChI is InChI=1S/C16H13N3O10S4.2Na/c17-12-7-11(32(23,24)25)5-8-6-13(31-29-27-21)15(16(20)14(8)12)19-18-9-1-3-10(4-2-9)33(26,30)28-22;;/h1-7,20-22H,17H2,(H,23,24,25);;/q;2*+1/p-2. The molecule has 0 saturated carbocycles. The summed E-state index contributed by atoms with van der Waals surface area (Å²) < 4.78 is 53.9. The van der Waals surface area contributed by atoms with Gasteiger partial charge in [-0.15, -0.1) is 9.45 Å². The smallest absolute Gasteiger partial charge is 0.744 e. The number of nitrogen functional groups attached to an aromatic ring is 1. The molecule has 0 saturated heterocycles. The predicted molar refractivity (Wildman–Crippen MR) is 114 cm³/mol. The van der Waals surface area contributed by atoms with Crippen molar-refractivity contribution in [3.05, 3.63) is 42.5 Å². The Labute approximate surface area is 251 Å². The van der Waals surface area contributed by atoms with Gasteiger partial charge in [-0.3, -0.25) is 5.04 Å². The summed E-state index contributed by atoms with van der Waals surface area (Å²) in [6.45, 7) is 0. The maximum Gasteiger partial charge on any atom is 1.00 e. The number of hydrogen-bond acceptors (Lipinski definition) is 15. The molecule has 3 aromatic rings. The summed E-state index contributed by atoms with van der Waals surface area (Å²) in [7, 11) is -8.37. The number of azo groups is 1. The third-order valence-corrected chi connectivity index (χ3v) is 7.32. The van der Waals surface area contributed by atoms with E-state index < -0.39 is 29.5 Å². The van der Waals surface area contributed by atoms with Gasteiger partial charge in [-0.1, -0.05) is 0 Å². The molecule has 0 radical (unpaired) electrons. The summed E-state index contributed by atoms with van der Waals surface area (Å²) in [6.07, 6.45) is 0. The number of phenols is 1. The molecule has 0 aliphatic rings. The van der Waals surface area contributed by atoms with Gasteiger partial charge < -0.3 is 20.7 Å². The van der Waals surface area contributed by atoms with Crippen LogP contribution in [0.4, 0.5) is 17.1 Å². The van der Waals surface area contributed by atoms with E-state index in [0.29, 0.717) is 12.0 Å². The fraction of sp³-hybridized carbons (Fsp3) is 0. The Morgan fingerprint density at radius 2 is 1.66 bits per heavy atom. The Kier molecular flexibility index (Phi) is 12.5. The SMILES string of the molecule is Nc1cc(S(=O)(=O)[O-])cc2cc(SOO[O-])c(N=Nc3ccc(S(=O)(=S)OO)cc3)c(O)c12.[Na+].[Na+]. The van der Waals surface area contributed by atoms with E-state index in [1.54, 1.807) is 0 Å². The van der Waals surface area contributed by atoms with Crippen LogP contribution in [0.3, 0.4) is 0 Å². The number of fused-ring (bicyclic) bond motifs is 1. The summed E-state index contributed by atoms with van der Waals surface area (Å²) in [6, 6.07) is 8.32. The van der Waals surface area contributed by atoms with E-state index in [4.69, 9.17) is 11.0 Å². The molecule has 0 amide bonds. The van der Waals surface area contributed by atoms with Crippen LogP contribution in [-0.2, 0) is 43.8 Å². The number of nitrogens with two attached hydrogens (primary N) is 1. The van der Waals surface area contributed by atoms with Gasteiger partial charge in [0, 0.05) is 22.3 Å². The summed E-state index contributed by atoms with van der Waals surface area (Å²) in [5, 5.41) is 40.7. The molecule has 176 valence electrons. The molecular weight excluding hydrogens is 568 g/mol. The molecular formula is C16H11N3Na2O10S4. The van der Waals surface area contributed by atoms with Crippen LogP contribution in [0.15, 0.2) is 67.4 Å². The zero-order chi connectivity index (χ0) is 24.4. The van der Waals surface area contributed by atoms with E-state index in [0.717, 1.165) is 12.1 Å². The Hall–Kier alpha value is -0.450. The van der Waals surface area contributed by atoms with Crippen molar-refractivity contribution in [3.8, 4) is 5.75 Å². The number of hydrogen-bond donors (Lipinski definition) is 3. The van der Waals surface area contributed by atoms with Gasteiger partial charge in [-0.2, -0.15) is 9.45 Å². The molecule has 19 heteroatoms. The van der Waals surface area contributed by atoms with Gasteiger partial charge in [0.15, 0.2) is 5.75 Å². The summed E-state index contributed by atoms with van der Waals surface area (Å²) in [4.78, 5) is -0.677. The molecule has 35 heavy (non-hydrogen) atoms. The van der Waals surface area contributed by atoms with Crippen molar-refractivity contribution in [1.29, 1.82) is 0 Å². The average molecular weight is 580 g/mol. The van der Waals surface area contributed by atoms with Gasteiger partial charge in [-0.05, 0) is 47.9 Å². The van der Waals surface area contributed by atoms with Crippen molar-refractivity contribution >= 4 is 70.0 Å². The van der Waals surface area contributed by atoms with Crippen LogP contribution in [-0.4, -0.2) is 27.5 Å². The van der Waals surface area contributed by atoms with Gasteiger partial charge in [0.1, 0.15) is 15.8 Å². The molecule has 0 spiro atoms. The first-order valence-corrected chi connectivity index (χ1v) is 12.8. The Morgan fingerprint density at radius 3 is 2.20 bits per heavy atom. The Balaban J connectivity index is 0.00000306. The van der Waals surface area contributed by atoms with E-state index in [9.17, 15) is 27.5 Å². The maximum atomic E-state index is 11.8. The zero-order valence-corrected chi connectivity index (χ0v) is 25.1. The number of anilines is 1. The molecule has 1 atom stereocenters. The minimum atomic E-state index is -4.85. The van der Waals surface area contributed by atoms with E-state index in [2.05, 4.69) is 35.1 Å². The largest absolute Gasteiger partial charge is 1.00 e. The van der Waals surface area contributed by atoms with Crippen LogP contribution in [0.5, 0.6) is 5.75 Å². The molecule has 0 fully saturated rings. The second-order valence-corrected chi connectivity index (χ2v) is 11.0. The van der Waals surface area contributed by atoms with Gasteiger partial charge in [0.25, 0.3) is 0 Å². The van der Waals surface area contributed by atoms with Gasteiger partial charge >= 0.3 is 59.1 Å². The van der Waals surface area contributed by atoms with Gasteiger partial charge in [0.05, 0.1) is 32.4 Å². The monoisotopic (exact) mass is 579 g/mol. The summed E-state index contributed by atoms with van der Waals surface area (Å²) in [5.41, 5.74) is 5.56. The van der Waals surface area contributed by atoms with Crippen LogP contribution in [0, 0.1) is 0 Å². The first-order valence-electron chi connectivity index (χ1n) is 8.26.